The first-order valence-electron chi connectivity index (χ1n) is 7.44. The number of rotatable bonds is 4. The van der Waals surface area contributed by atoms with Gasteiger partial charge in [0.2, 0.25) is 0 Å². The number of nitrogens with zero attached hydrogens (tertiary/aromatic N) is 1. The van der Waals surface area contributed by atoms with Gasteiger partial charge in [0.1, 0.15) is 5.75 Å². The number of amides is 2. The third-order valence-corrected chi connectivity index (χ3v) is 4.03. The molecule has 0 radical (unpaired) electrons. The molecule has 2 unspecified atom stereocenters. The second-order valence-corrected chi connectivity index (χ2v) is 5.60. The lowest BCUT2D eigenvalue weighted by atomic mass is 9.94. The normalized spacial score (nSPS) is 20.0. The molecule has 1 fully saturated rings. The SMILES string of the molecule is COc1ccc(CNC(=O)N2CCCC(C(C)O)C2)cc1. The molecule has 1 aliphatic rings. The molecule has 5 heteroatoms. The summed E-state index contributed by atoms with van der Waals surface area (Å²) in [6.45, 7) is 3.69. The number of ether oxygens (including phenoxy) is 1. The molecule has 1 saturated heterocycles. The fraction of sp³-hybridized carbons (Fsp3) is 0.562. The Balaban J connectivity index is 1.83. The minimum atomic E-state index is -0.359. The zero-order valence-electron chi connectivity index (χ0n) is 12.7. The van der Waals surface area contributed by atoms with Crippen LogP contribution < -0.4 is 10.1 Å². The number of carbonyl (C=O) groups excluding carboxylic acids is 1. The number of aliphatic hydroxyl groups is 1. The summed E-state index contributed by atoms with van der Waals surface area (Å²) in [5.74, 6) is 0.992. The molecule has 2 rings (SSSR count). The van der Waals surface area contributed by atoms with E-state index >= 15 is 0 Å². The molecule has 1 aromatic carbocycles. The monoisotopic (exact) mass is 292 g/mol. The largest absolute Gasteiger partial charge is 0.497 e. The molecule has 116 valence electrons. The van der Waals surface area contributed by atoms with Crippen molar-refractivity contribution in [2.45, 2.75) is 32.4 Å². The second kappa shape index (κ2) is 7.31. The number of nitrogens with one attached hydrogen (secondary N) is 1. The fourth-order valence-electron chi connectivity index (χ4n) is 2.62. The Labute approximate surface area is 125 Å². The Kier molecular flexibility index (Phi) is 5.44. The Hall–Kier alpha value is -1.75. The van der Waals surface area contributed by atoms with Gasteiger partial charge in [0.05, 0.1) is 13.2 Å². The summed E-state index contributed by atoms with van der Waals surface area (Å²) in [7, 11) is 1.63. The summed E-state index contributed by atoms with van der Waals surface area (Å²) in [6.07, 6.45) is 1.58. The van der Waals surface area contributed by atoms with Crippen molar-refractivity contribution in [3.8, 4) is 5.75 Å². The van der Waals surface area contributed by atoms with E-state index in [0.29, 0.717) is 13.1 Å². The van der Waals surface area contributed by atoms with Crippen LogP contribution in [0.2, 0.25) is 0 Å². The first-order chi connectivity index (χ1) is 10.1. The maximum atomic E-state index is 12.2. The molecule has 1 aliphatic heterocycles. The molecule has 1 heterocycles. The van der Waals surface area contributed by atoms with Gasteiger partial charge in [-0.3, -0.25) is 0 Å². The highest BCUT2D eigenvalue weighted by molar-refractivity contribution is 5.74. The van der Waals surface area contributed by atoms with Crippen LogP contribution in [0.5, 0.6) is 5.75 Å². The summed E-state index contributed by atoms with van der Waals surface area (Å²) in [5.41, 5.74) is 1.04. The van der Waals surface area contributed by atoms with Crippen LogP contribution in [0.4, 0.5) is 4.79 Å². The highest BCUT2D eigenvalue weighted by Gasteiger charge is 2.26. The summed E-state index contributed by atoms with van der Waals surface area (Å²) in [5, 5.41) is 12.6. The third kappa shape index (κ3) is 4.36. The van der Waals surface area contributed by atoms with Crippen LogP contribution in [0.1, 0.15) is 25.3 Å². The van der Waals surface area contributed by atoms with E-state index in [4.69, 9.17) is 4.74 Å². The van der Waals surface area contributed by atoms with Crippen molar-refractivity contribution < 1.29 is 14.6 Å². The predicted octanol–water partition coefficient (Wildman–Crippen LogP) is 2.00. The predicted molar refractivity (Wildman–Crippen MR) is 81.2 cm³/mol. The molecule has 21 heavy (non-hydrogen) atoms. The smallest absolute Gasteiger partial charge is 0.317 e. The summed E-state index contributed by atoms with van der Waals surface area (Å²) in [6, 6.07) is 7.58. The number of hydrogen-bond acceptors (Lipinski definition) is 3. The third-order valence-electron chi connectivity index (χ3n) is 4.03. The van der Waals surface area contributed by atoms with Crippen LogP contribution in [0.15, 0.2) is 24.3 Å². The van der Waals surface area contributed by atoms with Gasteiger partial charge in [-0.2, -0.15) is 0 Å². The van der Waals surface area contributed by atoms with Crippen molar-refractivity contribution in [2.75, 3.05) is 20.2 Å². The maximum absolute atomic E-state index is 12.2. The zero-order chi connectivity index (χ0) is 15.2. The minimum absolute atomic E-state index is 0.0591. The standard InChI is InChI=1S/C16H24N2O3/c1-12(19)14-4-3-9-18(11-14)16(20)17-10-13-5-7-15(21-2)8-6-13/h5-8,12,14,19H,3-4,9-11H2,1-2H3,(H,17,20). The van der Waals surface area contributed by atoms with Crippen LogP contribution in [0.3, 0.4) is 0 Å². The number of aliphatic hydroxyl groups excluding tert-OH is 1. The molecule has 2 amide bonds. The quantitative estimate of drug-likeness (QED) is 0.892. The lowest BCUT2D eigenvalue weighted by molar-refractivity contribution is 0.0738. The number of urea groups is 1. The topological polar surface area (TPSA) is 61.8 Å². The number of piperidine rings is 1. The van der Waals surface area contributed by atoms with Crippen molar-refractivity contribution in [1.82, 2.24) is 10.2 Å². The fourth-order valence-corrected chi connectivity index (χ4v) is 2.62. The van der Waals surface area contributed by atoms with E-state index in [0.717, 1.165) is 30.7 Å². The van der Waals surface area contributed by atoms with Gasteiger partial charge in [-0.1, -0.05) is 12.1 Å². The number of methoxy groups -OCH3 is 1. The van der Waals surface area contributed by atoms with Crippen molar-refractivity contribution >= 4 is 6.03 Å². The van der Waals surface area contributed by atoms with Crippen LogP contribution in [0.25, 0.3) is 0 Å². The first kappa shape index (κ1) is 15.6. The van der Waals surface area contributed by atoms with Crippen LogP contribution in [0, 0.1) is 5.92 Å². The summed E-state index contributed by atoms with van der Waals surface area (Å²) in [4.78, 5) is 14.0. The van der Waals surface area contributed by atoms with Crippen LogP contribution in [-0.2, 0) is 6.54 Å². The molecule has 0 saturated carbocycles. The number of benzene rings is 1. The lowest BCUT2D eigenvalue weighted by Crippen LogP contribution is -2.47. The highest BCUT2D eigenvalue weighted by Crippen LogP contribution is 2.19. The van der Waals surface area contributed by atoms with Gasteiger partial charge in [-0.05, 0) is 37.5 Å². The second-order valence-electron chi connectivity index (χ2n) is 5.60. The van der Waals surface area contributed by atoms with Gasteiger partial charge in [0.25, 0.3) is 0 Å². The van der Waals surface area contributed by atoms with E-state index < -0.39 is 0 Å². The van der Waals surface area contributed by atoms with E-state index in [1.165, 1.54) is 0 Å². The number of hydrogen-bond donors (Lipinski definition) is 2. The van der Waals surface area contributed by atoms with Gasteiger partial charge in [-0.15, -0.1) is 0 Å². The van der Waals surface area contributed by atoms with Crippen LogP contribution in [-0.4, -0.2) is 42.3 Å². The Bertz CT molecular complexity index is 459. The average Bonchev–Trinajstić information content (AvgIpc) is 2.53. The van der Waals surface area contributed by atoms with Gasteiger partial charge >= 0.3 is 6.03 Å². The molecule has 2 atom stereocenters. The van der Waals surface area contributed by atoms with Crippen molar-refractivity contribution in [2.24, 2.45) is 5.92 Å². The molecule has 5 nitrogen and oxygen atoms in total. The summed E-state index contributed by atoms with van der Waals surface area (Å²) < 4.78 is 5.10. The maximum Gasteiger partial charge on any atom is 0.317 e. The minimum Gasteiger partial charge on any atom is -0.497 e. The molecular weight excluding hydrogens is 268 g/mol. The molecule has 2 N–H and O–H groups in total. The van der Waals surface area contributed by atoms with E-state index in [9.17, 15) is 9.90 Å². The van der Waals surface area contributed by atoms with Crippen molar-refractivity contribution in [1.29, 1.82) is 0 Å². The zero-order valence-corrected chi connectivity index (χ0v) is 12.7. The summed E-state index contributed by atoms with van der Waals surface area (Å²) >= 11 is 0. The van der Waals surface area contributed by atoms with E-state index in [1.807, 2.05) is 24.3 Å². The van der Waals surface area contributed by atoms with E-state index in [-0.39, 0.29) is 18.1 Å². The molecule has 0 spiro atoms. The number of likely N-dealkylation sites (tertiary alicyclic amines) is 1. The Morgan fingerprint density at radius 3 is 2.81 bits per heavy atom. The van der Waals surface area contributed by atoms with Gasteiger partial charge in [0.15, 0.2) is 0 Å². The molecule has 1 aromatic rings. The van der Waals surface area contributed by atoms with Crippen molar-refractivity contribution in [3.63, 3.8) is 0 Å². The van der Waals surface area contributed by atoms with Crippen molar-refractivity contribution in [3.05, 3.63) is 29.8 Å². The molecule has 0 aliphatic carbocycles. The Morgan fingerprint density at radius 1 is 1.48 bits per heavy atom. The molecular formula is C16H24N2O3. The van der Waals surface area contributed by atoms with E-state index in [2.05, 4.69) is 5.32 Å². The first-order valence-corrected chi connectivity index (χ1v) is 7.44. The lowest BCUT2D eigenvalue weighted by Gasteiger charge is -2.34. The molecule has 0 bridgehead atoms. The van der Waals surface area contributed by atoms with Crippen LogP contribution >= 0.6 is 0 Å². The van der Waals surface area contributed by atoms with Gasteiger partial charge < -0.3 is 20.1 Å². The number of carbonyl (C=O) groups is 1. The molecule has 0 aromatic heterocycles. The van der Waals surface area contributed by atoms with Gasteiger partial charge in [-0.25, -0.2) is 4.79 Å². The Morgan fingerprint density at radius 2 is 2.19 bits per heavy atom. The van der Waals surface area contributed by atoms with E-state index in [1.54, 1.807) is 18.9 Å². The average molecular weight is 292 g/mol. The van der Waals surface area contributed by atoms with Gasteiger partial charge in [0, 0.05) is 25.6 Å². The highest BCUT2D eigenvalue weighted by atomic mass is 16.5.